The predicted octanol–water partition coefficient (Wildman–Crippen LogP) is 3.14. The summed E-state index contributed by atoms with van der Waals surface area (Å²) in [5.74, 6) is 1.39. The number of nitrogens with zero attached hydrogens (tertiary/aromatic N) is 1. The van der Waals surface area contributed by atoms with E-state index in [1.807, 2.05) is 38.7 Å². The van der Waals surface area contributed by atoms with E-state index in [1.54, 1.807) is 0 Å². The van der Waals surface area contributed by atoms with Gasteiger partial charge < -0.3 is 24.1 Å². The van der Waals surface area contributed by atoms with E-state index in [1.165, 1.54) is 0 Å². The zero-order valence-corrected chi connectivity index (χ0v) is 15.1. The van der Waals surface area contributed by atoms with Crippen molar-refractivity contribution in [3.05, 3.63) is 23.2 Å². The summed E-state index contributed by atoms with van der Waals surface area (Å²) in [5, 5.41) is 3.09. The van der Waals surface area contributed by atoms with E-state index in [0.29, 0.717) is 19.8 Å². The van der Waals surface area contributed by atoms with Crippen LogP contribution in [0.2, 0.25) is 0 Å². The van der Waals surface area contributed by atoms with Gasteiger partial charge in [0.1, 0.15) is 11.5 Å². The largest absolute Gasteiger partial charge is 0.466 e. The van der Waals surface area contributed by atoms with E-state index in [-0.39, 0.29) is 18.0 Å². The van der Waals surface area contributed by atoms with Crippen LogP contribution in [0.5, 0.6) is 0 Å². The number of carbonyl (C=O) groups is 1. The molecule has 3 rings (SSSR count). The highest BCUT2D eigenvalue weighted by atomic mass is 16.7. The van der Waals surface area contributed by atoms with Crippen molar-refractivity contribution in [1.82, 2.24) is 10.2 Å². The number of urea groups is 1. The molecule has 2 atom stereocenters. The maximum absolute atomic E-state index is 12.7. The van der Waals surface area contributed by atoms with Crippen molar-refractivity contribution >= 4 is 6.03 Å². The van der Waals surface area contributed by atoms with E-state index >= 15 is 0 Å². The van der Waals surface area contributed by atoms with Gasteiger partial charge in [-0.3, -0.25) is 0 Å². The molecular weight excluding hydrogens is 308 g/mol. The molecule has 3 heterocycles. The molecule has 0 aliphatic carbocycles. The third kappa shape index (κ3) is 3.44. The van der Waals surface area contributed by atoms with Crippen LogP contribution in [0.15, 0.2) is 10.5 Å². The second-order valence-corrected chi connectivity index (χ2v) is 7.04. The quantitative estimate of drug-likeness (QED) is 0.921. The summed E-state index contributed by atoms with van der Waals surface area (Å²) in [7, 11) is 0. The van der Waals surface area contributed by atoms with Crippen LogP contribution in [-0.2, 0) is 9.47 Å². The molecule has 0 saturated carbocycles. The summed E-state index contributed by atoms with van der Waals surface area (Å²) in [6.07, 6.45) is 1.99. The number of ether oxygens (including phenoxy) is 2. The van der Waals surface area contributed by atoms with Gasteiger partial charge in [-0.1, -0.05) is 0 Å². The Kier molecular flexibility index (Phi) is 4.88. The predicted molar refractivity (Wildman–Crippen MR) is 89.7 cm³/mol. The number of carbonyl (C=O) groups excluding carboxylic acids is 1. The average molecular weight is 336 g/mol. The van der Waals surface area contributed by atoms with Crippen molar-refractivity contribution in [3.63, 3.8) is 0 Å². The number of furan rings is 1. The first-order valence-corrected chi connectivity index (χ1v) is 8.79. The van der Waals surface area contributed by atoms with Crippen molar-refractivity contribution in [3.8, 4) is 0 Å². The Morgan fingerprint density at radius 2 is 2.08 bits per heavy atom. The molecule has 0 spiro atoms. The number of amides is 2. The topological polar surface area (TPSA) is 63.9 Å². The summed E-state index contributed by atoms with van der Waals surface area (Å²) in [6.45, 7) is 10.5. The maximum Gasteiger partial charge on any atom is 0.317 e. The van der Waals surface area contributed by atoms with Crippen LogP contribution < -0.4 is 5.32 Å². The summed E-state index contributed by atoms with van der Waals surface area (Å²) in [4.78, 5) is 14.5. The van der Waals surface area contributed by atoms with Gasteiger partial charge in [0.2, 0.25) is 0 Å². The van der Waals surface area contributed by atoms with Gasteiger partial charge in [0.25, 0.3) is 0 Å². The van der Waals surface area contributed by atoms with Gasteiger partial charge in [0.15, 0.2) is 5.79 Å². The maximum atomic E-state index is 12.7. The molecule has 134 valence electrons. The number of hydrogen-bond donors (Lipinski definition) is 1. The van der Waals surface area contributed by atoms with E-state index in [4.69, 9.17) is 13.9 Å². The van der Waals surface area contributed by atoms with Gasteiger partial charge >= 0.3 is 6.03 Å². The first-order chi connectivity index (χ1) is 11.4. The third-order valence-corrected chi connectivity index (χ3v) is 5.20. The van der Waals surface area contributed by atoms with Crippen LogP contribution in [0.4, 0.5) is 4.79 Å². The van der Waals surface area contributed by atoms with Gasteiger partial charge in [0.05, 0.1) is 19.3 Å². The molecule has 6 heteroatoms. The van der Waals surface area contributed by atoms with Crippen LogP contribution in [0.3, 0.4) is 0 Å². The number of rotatable bonds is 3. The Hall–Kier alpha value is -1.53. The van der Waals surface area contributed by atoms with E-state index in [2.05, 4.69) is 5.32 Å². The van der Waals surface area contributed by atoms with Crippen molar-refractivity contribution in [2.75, 3.05) is 26.3 Å². The van der Waals surface area contributed by atoms with Crippen LogP contribution in [-0.4, -0.2) is 43.0 Å². The van der Waals surface area contributed by atoms with Gasteiger partial charge in [-0.25, -0.2) is 4.79 Å². The number of likely N-dealkylation sites (tertiary alicyclic amines) is 1. The summed E-state index contributed by atoms with van der Waals surface area (Å²) >= 11 is 0. The number of nitrogens with one attached hydrogen (secondary N) is 1. The van der Waals surface area contributed by atoms with E-state index in [0.717, 1.165) is 36.5 Å². The molecule has 6 nitrogen and oxygen atoms in total. The molecule has 2 amide bonds. The van der Waals surface area contributed by atoms with E-state index in [9.17, 15) is 4.79 Å². The highest BCUT2D eigenvalue weighted by molar-refractivity contribution is 5.74. The van der Waals surface area contributed by atoms with Gasteiger partial charge in [0, 0.05) is 24.6 Å². The van der Waals surface area contributed by atoms with Crippen LogP contribution in [0, 0.1) is 19.8 Å². The van der Waals surface area contributed by atoms with Crippen LogP contribution in [0.25, 0.3) is 0 Å². The molecule has 0 bridgehead atoms. The minimum Gasteiger partial charge on any atom is -0.466 e. The van der Waals surface area contributed by atoms with Crippen LogP contribution >= 0.6 is 0 Å². The Bertz CT molecular complexity index is 592. The van der Waals surface area contributed by atoms with E-state index < -0.39 is 5.79 Å². The SMILES string of the molecule is Cc1cc([C@H](C)NC(=O)N2CCC[C@H](C3(C)OCCO3)C2)c(C)o1. The molecule has 2 aliphatic heterocycles. The molecule has 2 saturated heterocycles. The number of piperidine rings is 1. The fourth-order valence-electron chi connectivity index (χ4n) is 3.79. The summed E-state index contributed by atoms with van der Waals surface area (Å²) in [5.41, 5.74) is 1.03. The minimum atomic E-state index is -0.553. The molecule has 1 aromatic rings. The molecule has 2 aliphatic rings. The Balaban J connectivity index is 1.61. The zero-order valence-electron chi connectivity index (χ0n) is 15.1. The lowest BCUT2D eigenvalue weighted by Crippen LogP contribution is -2.51. The van der Waals surface area contributed by atoms with Crippen molar-refractivity contribution < 1.29 is 18.7 Å². The average Bonchev–Trinajstić information content (AvgIpc) is 3.14. The lowest BCUT2D eigenvalue weighted by Gasteiger charge is -2.40. The van der Waals surface area contributed by atoms with Crippen LogP contribution in [0.1, 0.15) is 49.8 Å². The number of hydrogen-bond acceptors (Lipinski definition) is 4. The molecule has 2 fully saturated rings. The molecule has 1 aromatic heterocycles. The minimum absolute atomic E-state index is 0.0351. The lowest BCUT2D eigenvalue weighted by atomic mass is 9.90. The molecule has 24 heavy (non-hydrogen) atoms. The van der Waals surface area contributed by atoms with Crippen molar-refractivity contribution in [2.24, 2.45) is 5.92 Å². The highest BCUT2D eigenvalue weighted by Crippen LogP contribution is 2.34. The van der Waals surface area contributed by atoms with Crippen molar-refractivity contribution in [1.29, 1.82) is 0 Å². The highest BCUT2D eigenvalue weighted by Gasteiger charge is 2.42. The molecule has 1 N–H and O–H groups in total. The van der Waals surface area contributed by atoms with Gasteiger partial charge in [-0.2, -0.15) is 0 Å². The normalized spacial score (nSPS) is 24.8. The fourth-order valence-corrected chi connectivity index (χ4v) is 3.79. The Morgan fingerprint density at radius 3 is 2.71 bits per heavy atom. The molecule has 0 radical (unpaired) electrons. The first-order valence-electron chi connectivity index (χ1n) is 8.79. The molecular formula is C18H28N2O4. The second kappa shape index (κ2) is 6.76. The second-order valence-electron chi connectivity index (χ2n) is 7.04. The summed E-state index contributed by atoms with van der Waals surface area (Å²) in [6, 6.07) is 1.87. The van der Waals surface area contributed by atoms with Gasteiger partial charge in [-0.15, -0.1) is 0 Å². The zero-order chi connectivity index (χ0) is 17.3. The van der Waals surface area contributed by atoms with Gasteiger partial charge in [-0.05, 0) is 46.6 Å². The third-order valence-electron chi connectivity index (χ3n) is 5.20. The lowest BCUT2D eigenvalue weighted by molar-refractivity contribution is -0.189. The first kappa shape index (κ1) is 17.3. The smallest absolute Gasteiger partial charge is 0.317 e. The number of aryl methyl sites for hydroxylation is 2. The van der Waals surface area contributed by atoms with Crippen molar-refractivity contribution in [2.45, 2.75) is 52.4 Å². The fraction of sp³-hybridized carbons (Fsp3) is 0.722. The summed E-state index contributed by atoms with van der Waals surface area (Å²) < 4.78 is 17.1. The molecule has 0 aromatic carbocycles. The Morgan fingerprint density at radius 1 is 1.38 bits per heavy atom. The molecule has 0 unspecified atom stereocenters. The standard InChI is InChI=1S/C18H28N2O4/c1-12-10-16(14(3)24-12)13(2)19-17(21)20-7-5-6-15(11-20)18(4)22-8-9-23-18/h10,13,15H,5-9,11H2,1-4H3,(H,19,21)/t13-,15-/m0/s1. The monoisotopic (exact) mass is 336 g/mol. The Labute approximate surface area is 143 Å².